The number of nitrogens with one attached hydrogen (secondary N) is 1. The molecule has 1 aliphatic rings. The van der Waals surface area contributed by atoms with E-state index in [1.165, 1.54) is 7.11 Å². The van der Waals surface area contributed by atoms with Crippen molar-refractivity contribution in [1.82, 2.24) is 20.4 Å². The molecule has 3 aromatic rings. The van der Waals surface area contributed by atoms with Crippen LogP contribution in [-0.4, -0.2) is 52.1 Å². The fourth-order valence-electron chi connectivity index (χ4n) is 3.97. The first kappa shape index (κ1) is 23.7. The predicted octanol–water partition coefficient (Wildman–Crippen LogP) is 4.54. The van der Waals surface area contributed by atoms with E-state index in [0.717, 1.165) is 28.8 Å². The van der Waals surface area contributed by atoms with Gasteiger partial charge in [-0.05, 0) is 50.2 Å². The molecule has 178 valence electrons. The molecule has 0 saturated heterocycles. The molecule has 0 aliphatic carbocycles. The number of hydrogen-bond acceptors (Lipinski definition) is 7. The minimum Gasteiger partial charge on any atom is -0.504 e. The van der Waals surface area contributed by atoms with Crippen LogP contribution >= 0.6 is 12.2 Å². The van der Waals surface area contributed by atoms with Gasteiger partial charge in [-0.15, -0.1) is 0 Å². The lowest BCUT2D eigenvalue weighted by Gasteiger charge is -2.37. The van der Waals surface area contributed by atoms with Gasteiger partial charge in [0.2, 0.25) is 5.82 Å². The minimum absolute atomic E-state index is 0.0411. The molecule has 1 aromatic heterocycles. The third-order valence-electron chi connectivity index (χ3n) is 5.70. The van der Waals surface area contributed by atoms with Gasteiger partial charge in [0.05, 0.1) is 18.7 Å². The number of aromatic hydroxyl groups is 1. The van der Waals surface area contributed by atoms with Crippen molar-refractivity contribution in [2.24, 2.45) is 0 Å². The number of nitrogens with zero attached hydrogens (tertiary/aromatic N) is 3. The highest BCUT2D eigenvalue weighted by Gasteiger charge is 2.34. The van der Waals surface area contributed by atoms with E-state index < -0.39 is 6.04 Å². The largest absolute Gasteiger partial charge is 0.504 e. The van der Waals surface area contributed by atoms with Crippen LogP contribution in [0.3, 0.4) is 0 Å². The van der Waals surface area contributed by atoms with Gasteiger partial charge in [0, 0.05) is 31.0 Å². The van der Waals surface area contributed by atoms with Gasteiger partial charge < -0.3 is 29.3 Å². The summed E-state index contributed by atoms with van der Waals surface area (Å²) in [6.45, 7) is 5.97. The number of rotatable bonds is 9. The van der Waals surface area contributed by atoms with E-state index >= 15 is 0 Å². The van der Waals surface area contributed by atoms with E-state index in [1.807, 2.05) is 55.1 Å². The van der Waals surface area contributed by atoms with E-state index in [9.17, 15) is 5.11 Å². The minimum atomic E-state index is -0.392. The van der Waals surface area contributed by atoms with Gasteiger partial charge in [-0.2, -0.15) is 4.98 Å². The van der Waals surface area contributed by atoms with E-state index in [-0.39, 0.29) is 5.75 Å². The Hall–Kier alpha value is -3.43. The molecule has 2 N–H and O–H groups in total. The number of phenols is 1. The molecule has 0 bridgehead atoms. The van der Waals surface area contributed by atoms with Crippen LogP contribution < -0.4 is 10.1 Å². The van der Waals surface area contributed by atoms with Crippen molar-refractivity contribution in [2.45, 2.75) is 26.3 Å². The smallest absolute Gasteiger partial charge is 0.258 e. The van der Waals surface area contributed by atoms with Crippen molar-refractivity contribution in [2.75, 3.05) is 26.9 Å². The Bertz CT molecular complexity index is 1180. The van der Waals surface area contributed by atoms with Crippen LogP contribution in [0.1, 0.15) is 37.8 Å². The first-order valence-electron chi connectivity index (χ1n) is 11.2. The number of aromatic nitrogens is 2. The predicted molar refractivity (Wildman–Crippen MR) is 133 cm³/mol. The van der Waals surface area contributed by atoms with Crippen LogP contribution in [0.4, 0.5) is 0 Å². The van der Waals surface area contributed by atoms with Crippen LogP contribution in [0, 0.1) is 0 Å². The fraction of sp³-hybridized carbons (Fsp3) is 0.320. The molecule has 1 atom stereocenters. The number of phenolic OH excluding ortho intramolecular Hbond substituents is 1. The van der Waals surface area contributed by atoms with Crippen molar-refractivity contribution >= 4 is 22.9 Å². The van der Waals surface area contributed by atoms with Crippen molar-refractivity contribution in [1.29, 1.82) is 0 Å². The summed E-state index contributed by atoms with van der Waals surface area (Å²) in [5, 5.41) is 18.6. The van der Waals surface area contributed by atoms with E-state index in [0.29, 0.717) is 42.3 Å². The van der Waals surface area contributed by atoms with Gasteiger partial charge in [-0.1, -0.05) is 41.6 Å². The number of allylic oxidation sites excluding steroid dienone is 1. The summed E-state index contributed by atoms with van der Waals surface area (Å²) in [5.41, 5.74) is 3.36. The Balaban J connectivity index is 1.75. The van der Waals surface area contributed by atoms with Gasteiger partial charge in [-0.25, -0.2) is 0 Å². The summed E-state index contributed by atoms with van der Waals surface area (Å²) in [5.74, 6) is 1.33. The molecule has 2 aromatic carbocycles. The van der Waals surface area contributed by atoms with Crippen LogP contribution in [0.2, 0.25) is 0 Å². The lowest BCUT2D eigenvalue weighted by Crippen LogP contribution is -2.46. The number of hydrogen-bond donors (Lipinski definition) is 2. The maximum atomic E-state index is 10.4. The molecule has 0 saturated carbocycles. The van der Waals surface area contributed by atoms with Crippen LogP contribution in [-0.2, 0) is 4.74 Å². The number of ether oxygens (including phenoxy) is 2. The fourth-order valence-corrected chi connectivity index (χ4v) is 4.32. The number of thiocarbonyl (C=S) groups is 1. The Morgan fingerprint density at radius 2 is 2.00 bits per heavy atom. The molecular weight excluding hydrogens is 452 g/mol. The van der Waals surface area contributed by atoms with Gasteiger partial charge >= 0.3 is 0 Å². The van der Waals surface area contributed by atoms with Crippen molar-refractivity contribution in [3.63, 3.8) is 0 Å². The molecular formula is C25H28N4O4S. The van der Waals surface area contributed by atoms with Crippen molar-refractivity contribution in [3.8, 4) is 22.9 Å². The lowest BCUT2D eigenvalue weighted by molar-refractivity contribution is 0.141. The zero-order chi connectivity index (χ0) is 24.1. The summed E-state index contributed by atoms with van der Waals surface area (Å²) < 4.78 is 16.4. The molecule has 1 aliphatic heterocycles. The third kappa shape index (κ3) is 4.90. The molecule has 34 heavy (non-hydrogen) atoms. The van der Waals surface area contributed by atoms with Gasteiger partial charge in [0.1, 0.15) is 0 Å². The van der Waals surface area contributed by atoms with E-state index in [4.69, 9.17) is 31.2 Å². The topological polar surface area (TPSA) is 92.9 Å². The highest BCUT2D eigenvalue weighted by atomic mass is 32.1. The second kappa shape index (κ2) is 10.7. The summed E-state index contributed by atoms with van der Waals surface area (Å²) in [6.07, 6.45) is 0.813. The zero-order valence-corrected chi connectivity index (χ0v) is 20.3. The molecule has 8 nitrogen and oxygen atoms in total. The van der Waals surface area contributed by atoms with Gasteiger partial charge in [0.25, 0.3) is 5.89 Å². The first-order valence-corrected chi connectivity index (χ1v) is 11.6. The average molecular weight is 481 g/mol. The molecule has 0 spiro atoms. The second-order valence-corrected chi connectivity index (χ2v) is 8.19. The second-order valence-electron chi connectivity index (χ2n) is 7.80. The Morgan fingerprint density at radius 3 is 2.71 bits per heavy atom. The maximum absolute atomic E-state index is 10.4. The highest BCUT2D eigenvalue weighted by Crippen LogP contribution is 2.39. The standard InChI is InChI=1S/C25H28N4O4S/c1-4-32-14-8-13-29-16(2)21(24-27-23(28-33-24)17-9-6-5-7-10-17)22(26-25(29)34)18-11-12-20(31-3)19(30)15-18/h5-7,9-12,15,22,30H,4,8,13-14H2,1-3H3,(H,26,34). The van der Waals surface area contributed by atoms with Crippen LogP contribution in [0.15, 0.2) is 58.8 Å². The van der Waals surface area contributed by atoms with Crippen LogP contribution in [0.25, 0.3) is 17.0 Å². The summed E-state index contributed by atoms with van der Waals surface area (Å²) in [7, 11) is 1.52. The maximum Gasteiger partial charge on any atom is 0.258 e. The molecule has 2 heterocycles. The monoisotopic (exact) mass is 480 g/mol. The highest BCUT2D eigenvalue weighted by molar-refractivity contribution is 7.80. The first-order chi connectivity index (χ1) is 16.5. The Morgan fingerprint density at radius 1 is 1.21 bits per heavy atom. The summed E-state index contributed by atoms with van der Waals surface area (Å²) in [4.78, 5) is 6.72. The molecule has 9 heteroatoms. The van der Waals surface area contributed by atoms with E-state index in [1.54, 1.807) is 12.1 Å². The quantitative estimate of drug-likeness (QED) is 0.338. The lowest BCUT2D eigenvalue weighted by atomic mass is 9.94. The van der Waals surface area contributed by atoms with E-state index in [2.05, 4.69) is 10.5 Å². The molecule has 1 unspecified atom stereocenters. The third-order valence-corrected chi connectivity index (χ3v) is 6.03. The summed E-state index contributed by atoms with van der Waals surface area (Å²) >= 11 is 5.71. The Labute approximate surface area is 204 Å². The van der Waals surface area contributed by atoms with Crippen molar-refractivity contribution in [3.05, 3.63) is 65.7 Å². The van der Waals surface area contributed by atoms with Crippen LogP contribution in [0.5, 0.6) is 11.5 Å². The summed E-state index contributed by atoms with van der Waals surface area (Å²) in [6, 6.07) is 14.5. The zero-order valence-electron chi connectivity index (χ0n) is 19.4. The number of benzene rings is 2. The average Bonchev–Trinajstić information content (AvgIpc) is 3.33. The SMILES string of the molecule is CCOCCCN1C(=S)NC(c2ccc(OC)c(O)c2)C(c2nc(-c3ccccc3)no2)=C1C. The molecule has 4 rings (SSSR count). The van der Waals surface area contributed by atoms with Gasteiger partial charge in [0.15, 0.2) is 16.6 Å². The molecule has 0 radical (unpaired) electrons. The normalized spacial score (nSPS) is 16.0. The van der Waals surface area contributed by atoms with Gasteiger partial charge in [-0.3, -0.25) is 0 Å². The Kier molecular flexibility index (Phi) is 7.44. The molecule has 0 fully saturated rings. The molecule has 0 amide bonds. The van der Waals surface area contributed by atoms with Crippen molar-refractivity contribution < 1.29 is 19.1 Å². The number of methoxy groups -OCH3 is 1.